The highest BCUT2D eigenvalue weighted by Gasteiger charge is 2.20. The van der Waals surface area contributed by atoms with Gasteiger partial charge in [0.05, 0.1) is 24.7 Å². The van der Waals surface area contributed by atoms with Crippen molar-refractivity contribution in [2.24, 2.45) is 0 Å². The maximum atomic E-state index is 12.3. The molecule has 0 unspecified atom stereocenters. The van der Waals surface area contributed by atoms with Crippen molar-refractivity contribution in [2.45, 2.75) is 6.92 Å². The van der Waals surface area contributed by atoms with E-state index in [1.54, 1.807) is 30.0 Å². The number of aromatic amines is 2. The van der Waals surface area contributed by atoms with Crippen molar-refractivity contribution in [3.05, 3.63) is 60.4 Å². The van der Waals surface area contributed by atoms with Crippen molar-refractivity contribution in [3.8, 4) is 11.5 Å². The molecule has 170 valence electrons. The standard InChI is InChI=1S/C20H22N4O8/c1-2-31-16-11-13(3-5-14-18(24(28)29)19(26)22-20(27)21-14)4-6-15(16)32-12-17(25)23-7-9-30-10-8-23/h3-6,11H,2,7-10,12H2,1H3,(H2,21,22,26,27)/b5-3+. The molecule has 0 atom stereocenters. The van der Waals surface area contributed by atoms with Gasteiger partial charge in [0.25, 0.3) is 5.91 Å². The monoisotopic (exact) mass is 446 g/mol. The molecule has 1 fully saturated rings. The van der Waals surface area contributed by atoms with E-state index >= 15 is 0 Å². The highest BCUT2D eigenvalue weighted by molar-refractivity contribution is 5.78. The molecule has 0 bridgehead atoms. The minimum Gasteiger partial charge on any atom is -0.490 e. The Kier molecular flexibility index (Phi) is 7.39. The average molecular weight is 446 g/mol. The van der Waals surface area contributed by atoms with Crippen LogP contribution in [0.3, 0.4) is 0 Å². The summed E-state index contributed by atoms with van der Waals surface area (Å²) in [5.74, 6) is 0.574. The first-order chi connectivity index (χ1) is 15.4. The van der Waals surface area contributed by atoms with E-state index in [2.05, 4.69) is 4.98 Å². The van der Waals surface area contributed by atoms with Gasteiger partial charge >= 0.3 is 16.9 Å². The summed E-state index contributed by atoms with van der Waals surface area (Å²) in [6.07, 6.45) is 2.73. The van der Waals surface area contributed by atoms with Gasteiger partial charge in [-0.2, -0.15) is 0 Å². The van der Waals surface area contributed by atoms with E-state index < -0.39 is 21.9 Å². The van der Waals surface area contributed by atoms with Gasteiger partial charge in [-0.05, 0) is 30.7 Å². The lowest BCUT2D eigenvalue weighted by atomic mass is 10.1. The molecule has 1 aliphatic heterocycles. The summed E-state index contributed by atoms with van der Waals surface area (Å²) in [5.41, 5.74) is -2.40. The van der Waals surface area contributed by atoms with Gasteiger partial charge in [0, 0.05) is 13.1 Å². The number of amides is 1. The predicted octanol–water partition coefficient (Wildman–Crippen LogP) is 0.778. The quantitative estimate of drug-likeness (QED) is 0.445. The number of morpholine rings is 1. The number of rotatable bonds is 8. The van der Waals surface area contributed by atoms with Crippen molar-refractivity contribution in [2.75, 3.05) is 39.5 Å². The number of carbonyl (C=O) groups excluding carboxylic acids is 1. The number of nitrogens with zero attached hydrogens (tertiary/aromatic N) is 2. The first kappa shape index (κ1) is 22.7. The lowest BCUT2D eigenvalue weighted by molar-refractivity contribution is -0.386. The number of nitrogens with one attached hydrogen (secondary N) is 2. The number of ether oxygens (including phenoxy) is 3. The number of aromatic nitrogens is 2. The molecule has 0 saturated carbocycles. The van der Waals surface area contributed by atoms with Crippen LogP contribution in [0.25, 0.3) is 12.2 Å². The Balaban J connectivity index is 1.79. The molecular formula is C20H22N4O8. The maximum Gasteiger partial charge on any atom is 0.357 e. The van der Waals surface area contributed by atoms with Crippen LogP contribution in [0.15, 0.2) is 27.8 Å². The van der Waals surface area contributed by atoms with Crippen LogP contribution in [0.4, 0.5) is 5.69 Å². The van der Waals surface area contributed by atoms with Crippen molar-refractivity contribution in [3.63, 3.8) is 0 Å². The second-order valence-electron chi connectivity index (χ2n) is 6.68. The third kappa shape index (κ3) is 5.60. The van der Waals surface area contributed by atoms with Gasteiger partial charge in [-0.15, -0.1) is 0 Å². The van der Waals surface area contributed by atoms with Gasteiger partial charge in [0.15, 0.2) is 18.1 Å². The molecule has 1 aliphatic rings. The van der Waals surface area contributed by atoms with Crippen molar-refractivity contribution in [1.82, 2.24) is 14.9 Å². The van der Waals surface area contributed by atoms with Crippen LogP contribution in [-0.2, 0) is 9.53 Å². The lowest BCUT2D eigenvalue weighted by Gasteiger charge is -2.26. The van der Waals surface area contributed by atoms with E-state index in [0.717, 1.165) is 0 Å². The molecule has 1 amide bonds. The fourth-order valence-corrected chi connectivity index (χ4v) is 3.04. The summed E-state index contributed by atoms with van der Waals surface area (Å²) in [7, 11) is 0. The third-order valence-corrected chi connectivity index (χ3v) is 4.55. The van der Waals surface area contributed by atoms with Crippen LogP contribution in [-0.4, -0.2) is 65.2 Å². The number of nitro groups is 1. The van der Waals surface area contributed by atoms with E-state index in [0.29, 0.717) is 50.0 Å². The number of benzene rings is 1. The van der Waals surface area contributed by atoms with Crippen LogP contribution in [0.2, 0.25) is 0 Å². The molecule has 1 saturated heterocycles. The molecule has 3 rings (SSSR count). The Hall–Kier alpha value is -3.93. The van der Waals surface area contributed by atoms with Crippen LogP contribution < -0.4 is 20.7 Å². The van der Waals surface area contributed by atoms with E-state index in [-0.39, 0.29) is 18.2 Å². The van der Waals surface area contributed by atoms with Gasteiger partial charge in [0.1, 0.15) is 5.69 Å². The molecule has 1 aromatic carbocycles. The molecule has 2 N–H and O–H groups in total. The first-order valence-electron chi connectivity index (χ1n) is 9.83. The zero-order valence-electron chi connectivity index (χ0n) is 17.3. The van der Waals surface area contributed by atoms with Gasteiger partial charge in [-0.3, -0.25) is 24.7 Å². The van der Waals surface area contributed by atoms with Crippen LogP contribution in [0, 0.1) is 10.1 Å². The van der Waals surface area contributed by atoms with Gasteiger partial charge in [0.2, 0.25) is 0 Å². The summed E-state index contributed by atoms with van der Waals surface area (Å²) < 4.78 is 16.5. The second kappa shape index (κ2) is 10.4. The first-order valence-corrected chi connectivity index (χ1v) is 9.83. The highest BCUT2D eigenvalue weighted by atomic mass is 16.6. The Morgan fingerprint density at radius 3 is 2.62 bits per heavy atom. The Morgan fingerprint density at radius 2 is 1.94 bits per heavy atom. The van der Waals surface area contributed by atoms with Gasteiger partial charge < -0.3 is 24.1 Å². The molecule has 0 aliphatic carbocycles. The second-order valence-corrected chi connectivity index (χ2v) is 6.68. The molecule has 2 heterocycles. The number of hydrogen-bond acceptors (Lipinski definition) is 8. The van der Waals surface area contributed by atoms with Gasteiger partial charge in [-0.25, -0.2) is 4.79 Å². The zero-order chi connectivity index (χ0) is 23.1. The average Bonchev–Trinajstić information content (AvgIpc) is 2.77. The van der Waals surface area contributed by atoms with Crippen molar-refractivity contribution in [1.29, 1.82) is 0 Å². The molecular weight excluding hydrogens is 424 g/mol. The largest absolute Gasteiger partial charge is 0.490 e. The third-order valence-electron chi connectivity index (χ3n) is 4.55. The number of carbonyl (C=O) groups is 1. The SMILES string of the molecule is CCOc1cc(/C=C/c2[nH]c(=O)[nH]c(=O)c2[N+](=O)[O-])ccc1OCC(=O)N1CCOCC1. The summed E-state index contributed by atoms with van der Waals surface area (Å²) >= 11 is 0. The zero-order valence-corrected chi connectivity index (χ0v) is 17.3. The Labute approximate surface area is 181 Å². The molecule has 0 radical (unpaired) electrons. The Bertz CT molecular complexity index is 1130. The minimum absolute atomic E-state index is 0.157. The number of hydrogen-bond donors (Lipinski definition) is 2. The fraction of sp³-hybridized carbons (Fsp3) is 0.350. The normalized spacial score (nSPS) is 13.8. The lowest BCUT2D eigenvalue weighted by Crippen LogP contribution is -2.43. The van der Waals surface area contributed by atoms with E-state index in [1.165, 1.54) is 12.2 Å². The summed E-state index contributed by atoms with van der Waals surface area (Å²) in [6, 6.07) is 4.86. The molecule has 0 spiro atoms. The smallest absolute Gasteiger partial charge is 0.357 e. The van der Waals surface area contributed by atoms with Crippen LogP contribution in [0.5, 0.6) is 11.5 Å². The Morgan fingerprint density at radius 1 is 1.19 bits per heavy atom. The maximum absolute atomic E-state index is 12.3. The highest BCUT2D eigenvalue weighted by Crippen LogP contribution is 2.29. The molecule has 2 aromatic rings. The topological polar surface area (TPSA) is 157 Å². The minimum atomic E-state index is -1.10. The molecule has 12 heteroatoms. The predicted molar refractivity (Wildman–Crippen MR) is 114 cm³/mol. The van der Waals surface area contributed by atoms with Crippen molar-refractivity contribution < 1.29 is 23.9 Å². The van der Waals surface area contributed by atoms with Crippen LogP contribution in [0.1, 0.15) is 18.2 Å². The van der Waals surface area contributed by atoms with Crippen LogP contribution >= 0.6 is 0 Å². The van der Waals surface area contributed by atoms with E-state index in [1.807, 2.05) is 4.98 Å². The molecule has 1 aromatic heterocycles. The van der Waals surface area contributed by atoms with Gasteiger partial charge in [-0.1, -0.05) is 12.1 Å². The fourth-order valence-electron chi connectivity index (χ4n) is 3.04. The van der Waals surface area contributed by atoms with Crippen molar-refractivity contribution >= 4 is 23.7 Å². The summed E-state index contributed by atoms with van der Waals surface area (Å²) in [6.45, 7) is 3.99. The van der Waals surface area contributed by atoms with E-state index in [4.69, 9.17) is 14.2 Å². The molecule has 12 nitrogen and oxygen atoms in total. The molecule has 32 heavy (non-hydrogen) atoms. The summed E-state index contributed by atoms with van der Waals surface area (Å²) in [4.78, 5) is 51.5. The number of H-pyrrole nitrogens is 2. The van der Waals surface area contributed by atoms with E-state index in [9.17, 15) is 24.5 Å². The summed E-state index contributed by atoms with van der Waals surface area (Å²) in [5, 5.41) is 11.1.